The monoisotopic (exact) mass is 175 g/mol. The molecule has 1 aliphatic carbocycles. The number of nitrogens with one attached hydrogen (secondary N) is 1. The SMILES string of the molecule is FC(F)CNC1CCC=CCC1. The van der Waals surface area contributed by atoms with E-state index in [0.29, 0.717) is 0 Å². The van der Waals surface area contributed by atoms with Crippen molar-refractivity contribution in [3.05, 3.63) is 12.2 Å². The van der Waals surface area contributed by atoms with E-state index in [0.717, 1.165) is 25.7 Å². The minimum Gasteiger partial charge on any atom is -0.309 e. The van der Waals surface area contributed by atoms with Gasteiger partial charge in [-0.15, -0.1) is 0 Å². The van der Waals surface area contributed by atoms with E-state index in [4.69, 9.17) is 0 Å². The third-order valence-electron chi connectivity index (χ3n) is 2.09. The predicted molar refractivity (Wildman–Crippen MR) is 45.4 cm³/mol. The van der Waals surface area contributed by atoms with Crippen LogP contribution in [0.1, 0.15) is 25.7 Å². The highest BCUT2D eigenvalue weighted by Gasteiger charge is 2.10. The molecule has 70 valence electrons. The van der Waals surface area contributed by atoms with Crippen LogP contribution in [0.3, 0.4) is 0 Å². The van der Waals surface area contributed by atoms with Gasteiger partial charge in [-0.2, -0.15) is 0 Å². The van der Waals surface area contributed by atoms with Gasteiger partial charge >= 0.3 is 0 Å². The summed E-state index contributed by atoms with van der Waals surface area (Å²) in [6.45, 7) is -0.162. The predicted octanol–water partition coefficient (Wildman–Crippen LogP) is 2.34. The second-order valence-corrected chi connectivity index (χ2v) is 3.12. The molecular weight excluding hydrogens is 160 g/mol. The molecule has 0 saturated carbocycles. The van der Waals surface area contributed by atoms with E-state index in [2.05, 4.69) is 17.5 Å². The minimum atomic E-state index is -2.22. The molecule has 0 aromatic rings. The van der Waals surface area contributed by atoms with E-state index >= 15 is 0 Å². The molecular formula is C9H15F2N. The maximum Gasteiger partial charge on any atom is 0.250 e. The fourth-order valence-corrected chi connectivity index (χ4v) is 1.43. The highest BCUT2D eigenvalue weighted by molar-refractivity contribution is 4.88. The molecule has 0 radical (unpaired) electrons. The molecule has 1 aliphatic rings. The van der Waals surface area contributed by atoms with Gasteiger partial charge in [-0.3, -0.25) is 0 Å². The second-order valence-electron chi connectivity index (χ2n) is 3.12. The molecule has 3 heteroatoms. The standard InChI is InChI=1S/C9H15F2N/c10-9(11)7-12-8-5-3-1-2-4-6-8/h1-2,8-9,12H,3-7H2. The van der Waals surface area contributed by atoms with Crippen LogP contribution in [0.25, 0.3) is 0 Å². The van der Waals surface area contributed by atoms with Crippen molar-refractivity contribution in [3.63, 3.8) is 0 Å². The summed E-state index contributed by atoms with van der Waals surface area (Å²) in [6.07, 6.45) is 6.05. The van der Waals surface area contributed by atoms with Gasteiger partial charge in [0.25, 0.3) is 6.43 Å². The lowest BCUT2D eigenvalue weighted by atomic mass is 10.1. The largest absolute Gasteiger partial charge is 0.309 e. The van der Waals surface area contributed by atoms with Gasteiger partial charge < -0.3 is 5.32 Å². The van der Waals surface area contributed by atoms with Crippen molar-refractivity contribution in [1.29, 1.82) is 0 Å². The molecule has 0 fully saturated rings. The van der Waals surface area contributed by atoms with Crippen LogP contribution in [0, 0.1) is 0 Å². The molecule has 0 unspecified atom stereocenters. The molecule has 1 rings (SSSR count). The van der Waals surface area contributed by atoms with Gasteiger partial charge in [-0.1, -0.05) is 12.2 Å². The van der Waals surface area contributed by atoms with E-state index < -0.39 is 6.43 Å². The van der Waals surface area contributed by atoms with Gasteiger partial charge in [0.1, 0.15) is 0 Å². The summed E-state index contributed by atoms with van der Waals surface area (Å²) < 4.78 is 23.6. The second kappa shape index (κ2) is 5.25. The van der Waals surface area contributed by atoms with Crippen molar-refractivity contribution in [2.75, 3.05) is 6.54 Å². The topological polar surface area (TPSA) is 12.0 Å². The van der Waals surface area contributed by atoms with Crippen LogP contribution in [0.2, 0.25) is 0 Å². The van der Waals surface area contributed by atoms with Gasteiger partial charge in [0.15, 0.2) is 0 Å². The van der Waals surface area contributed by atoms with Crippen LogP contribution < -0.4 is 5.32 Å². The summed E-state index contributed by atoms with van der Waals surface area (Å²) in [5.41, 5.74) is 0. The summed E-state index contributed by atoms with van der Waals surface area (Å²) in [7, 11) is 0. The fraction of sp³-hybridized carbons (Fsp3) is 0.778. The highest BCUT2D eigenvalue weighted by Crippen LogP contribution is 2.11. The van der Waals surface area contributed by atoms with Crippen molar-refractivity contribution in [1.82, 2.24) is 5.32 Å². The quantitative estimate of drug-likeness (QED) is 0.649. The Bertz CT molecular complexity index is 135. The third-order valence-corrected chi connectivity index (χ3v) is 2.09. The summed E-state index contributed by atoms with van der Waals surface area (Å²) in [4.78, 5) is 0. The molecule has 0 bridgehead atoms. The maximum atomic E-state index is 11.8. The Kier molecular flexibility index (Phi) is 4.22. The summed E-state index contributed by atoms with van der Waals surface area (Å²) >= 11 is 0. The van der Waals surface area contributed by atoms with Crippen LogP contribution in [-0.2, 0) is 0 Å². The van der Waals surface area contributed by atoms with Gasteiger partial charge in [-0.25, -0.2) is 8.78 Å². The van der Waals surface area contributed by atoms with Crippen LogP contribution in [0.5, 0.6) is 0 Å². The van der Waals surface area contributed by atoms with Crippen LogP contribution >= 0.6 is 0 Å². The van der Waals surface area contributed by atoms with Crippen molar-refractivity contribution in [2.45, 2.75) is 38.2 Å². The summed E-state index contributed by atoms with van der Waals surface area (Å²) in [5, 5.41) is 2.87. The highest BCUT2D eigenvalue weighted by atomic mass is 19.3. The lowest BCUT2D eigenvalue weighted by Gasteiger charge is -2.15. The number of hydrogen-bond donors (Lipinski definition) is 1. The van der Waals surface area contributed by atoms with Gasteiger partial charge in [-0.05, 0) is 25.7 Å². The molecule has 0 atom stereocenters. The van der Waals surface area contributed by atoms with Gasteiger partial charge in [0.2, 0.25) is 0 Å². The van der Waals surface area contributed by atoms with Crippen molar-refractivity contribution < 1.29 is 8.78 Å². The van der Waals surface area contributed by atoms with Crippen molar-refractivity contribution >= 4 is 0 Å². The zero-order valence-corrected chi connectivity index (χ0v) is 7.10. The molecule has 0 saturated heterocycles. The summed E-state index contributed by atoms with van der Waals surface area (Å²) in [5.74, 6) is 0. The van der Waals surface area contributed by atoms with Gasteiger partial charge in [0, 0.05) is 6.04 Å². The average molecular weight is 175 g/mol. The Morgan fingerprint density at radius 2 is 1.83 bits per heavy atom. The van der Waals surface area contributed by atoms with Gasteiger partial charge in [0.05, 0.1) is 6.54 Å². The number of alkyl halides is 2. The van der Waals surface area contributed by atoms with E-state index in [-0.39, 0.29) is 12.6 Å². The summed E-state index contributed by atoms with van der Waals surface area (Å²) in [6, 6.07) is 0.286. The Morgan fingerprint density at radius 1 is 1.25 bits per heavy atom. The maximum absolute atomic E-state index is 11.8. The zero-order valence-electron chi connectivity index (χ0n) is 7.10. The molecule has 12 heavy (non-hydrogen) atoms. The Balaban J connectivity index is 2.14. The average Bonchev–Trinajstić information content (AvgIpc) is 2.28. The smallest absolute Gasteiger partial charge is 0.250 e. The van der Waals surface area contributed by atoms with Crippen molar-refractivity contribution in [2.24, 2.45) is 0 Å². The third kappa shape index (κ3) is 3.81. The molecule has 0 aromatic carbocycles. The Morgan fingerprint density at radius 3 is 2.33 bits per heavy atom. The Hall–Kier alpha value is -0.440. The minimum absolute atomic E-state index is 0.162. The molecule has 0 aromatic heterocycles. The van der Waals surface area contributed by atoms with Crippen molar-refractivity contribution in [3.8, 4) is 0 Å². The molecule has 1 nitrogen and oxygen atoms in total. The first kappa shape index (κ1) is 9.65. The number of halogens is 2. The number of hydrogen-bond acceptors (Lipinski definition) is 1. The van der Waals surface area contributed by atoms with Crippen LogP contribution in [0.15, 0.2) is 12.2 Å². The first-order valence-corrected chi connectivity index (χ1v) is 4.45. The zero-order chi connectivity index (χ0) is 8.81. The molecule has 0 amide bonds. The first-order valence-electron chi connectivity index (χ1n) is 4.45. The Labute approximate surface area is 71.8 Å². The van der Waals surface area contributed by atoms with Crippen LogP contribution in [0.4, 0.5) is 8.78 Å². The fourth-order valence-electron chi connectivity index (χ4n) is 1.43. The normalized spacial score (nSPS) is 19.9. The lowest BCUT2D eigenvalue weighted by Crippen LogP contribution is -2.32. The van der Waals surface area contributed by atoms with E-state index in [9.17, 15) is 8.78 Å². The van der Waals surface area contributed by atoms with E-state index in [1.54, 1.807) is 0 Å². The number of rotatable bonds is 3. The molecule has 0 spiro atoms. The van der Waals surface area contributed by atoms with E-state index in [1.807, 2.05) is 0 Å². The number of allylic oxidation sites excluding steroid dienone is 2. The van der Waals surface area contributed by atoms with Crippen LogP contribution in [-0.4, -0.2) is 19.0 Å². The lowest BCUT2D eigenvalue weighted by molar-refractivity contribution is 0.140. The van der Waals surface area contributed by atoms with E-state index in [1.165, 1.54) is 0 Å². The first-order chi connectivity index (χ1) is 5.79. The molecule has 0 aliphatic heterocycles. The molecule has 0 heterocycles. The molecule has 1 N–H and O–H groups in total.